The fraction of sp³-hybridized carbons (Fsp3) is 0.462. The van der Waals surface area contributed by atoms with Gasteiger partial charge in [0.15, 0.2) is 0 Å². The molecule has 1 saturated heterocycles. The largest absolute Gasteiger partial charge is 0.448 e. The molecule has 1 amide bonds. The third kappa shape index (κ3) is 4.21. The number of aryl methyl sites for hydroxylation is 1. The van der Waals surface area contributed by atoms with E-state index in [1.807, 2.05) is 25.1 Å². The zero-order chi connectivity index (χ0) is 14.6. The summed E-state index contributed by atoms with van der Waals surface area (Å²) in [7, 11) is -3.39. The normalized spacial score (nSPS) is 15.4. The summed E-state index contributed by atoms with van der Waals surface area (Å²) in [4.78, 5) is 12.7. The topological polar surface area (TPSA) is 75.7 Å². The van der Waals surface area contributed by atoms with Crippen molar-refractivity contribution in [2.45, 2.75) is 12.7 Å². The molecule has 1 aromatic rings. The molecule has 7 heteroatoms. The van der Waals surface area contributed by atoms with Crippen molar-refractivity contribution in [1.82, 2.24) is 9.62 Å². The molecular weight excluding hydrogens is 280 g/mol. The predicted molar refractivity (Wildman–Crippen MR) is 74.7 cm³/mol. The lowest BCUT2D eigenvalue weighted by molar-refractivity contribution is 0.159. The molecular formula is C13H18N2O4S. The highest BCUT2D eigenvalue weighted by Gasteiger charge is 2.21. The summed E-state index contributed by atoms with van der Waals surface area (Å²) in [6.45, 7) is 3.32. The summed E-state index contributed by atoms with van der Waals surface area (Å²) in [5.41, 5.74) is 1.77. The number of nitrogens with one attached hydrogen (secondary N) is 1. The number of benzene rings is 1. The minimum absolute atomic E-state index is 0.0564. The van der Waals surface area contributed by atoms with Crippen LogP contribution in [0.3, 0.4) is 0 Å². The van der Waals surface area contributed by atoms with Crippen molar-refractivity contribution < 1.29 is 17.9 Å². The van der Waals surface area contributed by atoms with Gasteiger partial charge in [0.1, 0.15) is 6.61 Å². The molecule has 1 aliphatic rings. The molecule has 1 aliphatic heterocycles. The van der Waals surface area contributed by atoms with Gasteiger partial charge >= 0.3 is 6.09 Å². The molecule has 0 bridgehead atoms. The molecule has 20 heavy (non-hydrogen) atoms. The van der Waals surface area contributed by atoms with Crippen molar-refractivity contribution in [1.29, 1.82) is 0 Å². The van der Waals surface area contributed by atoms with Crippen LogP contribution >= 0.6 is 0 Å². The Morgan fingerprint density at radius 2 is 2.20 bits per heavy atom. The Kier molecular flexibility index (Phi) is 4.61. The number of hydrogen-bond donors (Lipinski definition) is 1. The molecule has 0 aliphatic carbocycles. The molecule has 0 unspecified atom stereocenters. The van der Waals surface area contributed by atoms with Gasteiger partial charge in [-0.3, -0.25) is 0 Å². The summed E-state index contributed by atoms with van der Waals surface area (Å²) < 4.78 is 31.1. The minimum Gasteiger partial charge on any atom is -0.448 e. The SMILES string of the molecule is Cc1cccc(CS(=O)(=O)NCCN2CCOC2=O)c1. The summed E-state index contributed by atoms with van der Waals surface area (Å²) in [5.74, 6) is -0.0564. The molecule has 1 heterocycles. The number of hydrogen-bond acceptors (Lipinski definition) is 4. The molecule has 1 N–H and O–H groups in total. The zero-order valence-corrected chi connectivity index (χ0v) is 12.1. The second-order valence-electron chi connectivity index (χ2n) is 4.74. The van der Waals surface area contributed by atoms with Gasteiger partial charge in [0.25, 0.3) is 0 Å². The van der Waals surface area contributed by atoms with Crippen LogP contribution in [0.25, 0.3) is 0 Å². The summed E-state index contributed by atoms with van der Waals surface area (Å²) in [5, 5.41) is 0. The first-order valence-corrected chi connectivity index (χ1v) is 8.06. The van der Waals surface area contributed by atoms with Gasteiger partial charge in [0.2, 0.25) is 10.0 Å². The maximum absolute atomic E-state index is 11.9. The molecule has 0 spiro atoms. The molecule has 1 aromatic carbocycles. The van der Waals surface area contributed by atoms with E-state index in [9.17, 15) is 13.2 Å². The number of amides is 1. The van der Waals surface area contributed by atoms with E-state index in [1.165, 1.54) is 4.90 Å². The maximum atomic E-state index is 11.9. The van der Waals surface area contributed by atoms with E-state index in [1.54, 1.807) is 6.07 Å². The Balaban J connectivity index is 1.83. The number of sulfonamides is 1. The smallest absolute Gasteiger partial charge is 0.409 e. The third-order valence-electron chi connectivity index (χ3n) is 2.99. The van der Waals surface area contributed by atoms with Crippen molar-refractivity contribution >= 4 is 16.1 Å². The van der Waals surface area contributed by atoms with Gasteiger partial charge in [-0.05, 0) is 12.5 Å². The first-order chi connectivity index (χ1) is 9.46. The van der Waals surface area contributed by atoms with Crippen molar-refractivity contribution in [3.05, 3.63) is 35.4 Å². The predicted octanol–water partition coefficient (Wildman–Crippen LogP) is 0.867. The van der Waals surface area contributed by atoms with Gasteiger partial charge in [-0.15, -0.1) is 0 Å². The quantitative estimate of drug-likeness (QED) is 0.845. The summed E-state index contributed by atoms with van der Waals surface area (Å²) >= 11 is 0. The van der Waals surface area contributed by atoms with E-state index in [0.717, 1.165) is 11.1 Å². The lowest BCUT2D eigenvalue weighted by atomic mass is 10.2. The molecule has 0 atom stereocenters. The highest BCUT2D eigenvalue weighted by atomic mass is 32.2. The van der Waals surface area contributed by atoms with Crippen molar-refractivity contribution in [3.63, 3.8) is 0 Å². The van der Waals surface area contributed by atoms with Gasteiger partial charge in [0, 0.05) is 13.1 Å². The molecule has 0 radical (unpaired) electrons. The Labute approximate surface area is 118 Å². The molecule has 1 fully saturated rings. The number of nitrogens with zero attached hydrogens (tertiary/aromatic N) is 1. The average molecular weight is 298 g/mol. The standard InChI is InChI=1S/C13H18N2O4S/c1-11-3-2-4-12(9-11)10-20(17,18)14-5-6-15-7-8-19-13(15)16/h2-4,9,14H,5-8,10H2,1H3. The summed E-state index contributed by atoms with van der Waals surface area (Å²) in [6, 6.07) is 7.38. The highest BCUT2D eigenvalue weighted by molar-refractivity contribution is 7.88. The van der Waals surface area contributed by atoms with Crippen LogP contribution in [0.2, 0.25) is 0 Å². The van der Waals surface area contributed by atoms with Crippen molar-refractivity contribution in [2.24, 2.45) is 0 Å². The monoisotopic (exact) mass is 298 g/mol. The van der Waals surface area contributed by atoms with Gasteiger partial charge in [-0.2, -0.15) is 0 Å². The van der Waals surface area contributed by atoms with Crippen LogP contribution < -0.4 is 4.72 Å². The first-order valence-electron chi connectivity index (χ1n) is 6.41. The van der Waals surface area contributed by atoms with Crippen molar-refractivity contribution in [2.75, 3.05) is 26.2 Å². The Bertz CT molecular complexity index is 586. The second-order valence-corrected chi connectivity index (χ2v) is 6.55. The molecule has 0 saturated carbocycles. The lowest BCUT2D eigenvalue weighted by Crippen LogP contribution is -2.35. The van der Waals surface area contributed by atoms with Gasteiger partial charge < -0.3 is 9.64 Å². The zero-order valence-electron chi connectivity index (χ0n) is 11.3. The minimum atomic E-state index is -3.39. The van der Waals surface area contributed by atoms with Crippen LogP contribution in [0.15, 0.2) is 24.3 Å². The van der Waals surface area contributed by atoms with Crippen LogP contribution in [0, 0.1) is 6.92 Å². The first kappa shape index (κ1) is 14.8. The number of carbonyl (C=O) groups excluding carboxylic acids is 1. The molecule has 110 valence electrons. The van der Waals surface area contributed by atoms with Crippen molar-refractivity contribution in [3.8, 4) is 0 Å². The average Bonchev–Trinajstić information content (AvgIpc) is 2.74. The van der Waals surface area contributed by atoms with Crippen LogP contribution in [0.4, 0.5) is 4.79 Å². The molecule has 2 rings (SSSR count). The van der Waals surface area contributed by atoms with E-state index < -0.39 is 10.0 Å². The second kappa shape index (κ2) is 6.23. The van der Waals surface area contributed by atoms with E-state index in [-0.39, 0.29) is 18.4 Å². The maximum Gasteiger partial charge on any atom is 0.409 e. The number of cyclic esters (lactones) is 1. The van der Waals surface area contributed by atoms with E-state index in [0.29, 0.717) is 19.7 Å². The lowest BCUT2D eigenvalue weighted by Gasteiger charge is -2.13. The van der Waals surface area contributed by atoms with E-state index in [4.69, 9.17) is 4.74 Å². The number of ether oxygens (including phenoxy) is 1. The van der Waals surface area contributed by atoms with E-state index >= 15 is 0 Å². The number of carbonyl (C=O) groups is 1. The Morgan fingerprint density at radius 3 is 2.85 bits per heavy atom. The van der Waals surface area contributed by atoms with Crippen LogP contribution in [-0.2, 0) is 20.5 Å². The van der Waals surface area contributed by atoms with Gasteiger partial charge in [0.05, 0.1) is 12.3 Å². The van der Waals surface area contributed by atoms with Crippen LogP contribution in [0.1, 0.15) is 11.1 Å². The van der Waals surface area contributed by atoms with Gasteiger partial charge in [-0.1, -0.05) is 29.8 Å². The van der Waals surface area contributed by atoms with E-state index in [2.05, 4.69) is 4.72 Å². The Morgan fingerprint density at radius 1 is 1.40 bits per heavy atom. The fourth-order valence-electron chi connectivity index (χ4n) is 2.04. The van der Waals surface area contributed by atoms with Gasteiger partial charge in [-0.25, -0.2) is 17.9 Å². The van der Waals surface area contributed by atoms with Crippen LogP contribution in [-0.4, -0.2) is 45.7 Å². The number of rotatable bonds is 6. The van der Waals surface area contributed by atoms with Crippen LogP contribution in [0.5, 0.6) is 0 Å². The third-order valence-corrected chi connectivity index (χ3v) is 4.35. The summed E-state index contributed by atoms with van der Waals surface area (Å²) in [6.07, 6.45) is -0.386. The fourth-order valence-corrected chi connectivity index (χ4v) is 3.16. The molecule has 0 aromatic heterocycles. The Hall–Kier alpha value is -1.60. The highest BCUT2D eigenvalue weighted by Crippen LogP contribution is 2.08. The molecule has 6 nitrogen and oxygen atoms in total.